The van der Waals surface area contributed by atoms with Gasteiger partial charge in [0.15, 0.2) is 11.8 Å². The lowest BCUT2D eigenvalue weighted by Gasteiger charge is -2.16. The number of aromatic hydroxyl groups is 1. The molecule has 128 valence electrons. The van der Waals surface area contributed by atoms with E-state index in [4.69, 9.17) is 4.42 Å². The number of aliphatic hydroxyl groups is 1. The summed E-state index contributed by atoms with van der Waals surface area (Å²) in [6.07, 6.45) is 1.67. The molecule has 3 aromatic rings. The van der Waals surface area contributed by atoms with Crippen LogP contribution in [0.3, 0.4) is 0 Å². The number of benzene rings is 1. The minimum Gasteiger partial charge on any atom is -0.502 e. The van der Waals surface area contributed by atoms with E-state index in [0.717, 1.165) is 6.07 Å². The number of nitrogens with one attached hydrogen (secondary N) is 2. The molecule has 2 heterocycles. The van der Waals surface area contributed by atoms with E-state index >= 15 is 0 Å². The van der Waals surface area contributed by atoms with Gasteiger partial charge in [-0.2, -0.15) is 0 Å². The molecule has 6 nitrogen and oxygen atoms in total. The van der Waals surface area contributed by atoms with Gasteiger partial charge in [0.05, 0.1) is 6.20 Å². The molecule has 0 aliphatic rings. The van der Waals surface area contributed by atoms with Crippen molar-refractivity contribution in [3.8, 4) is 5.75 Å². The Bertz CT molecular complexity index is 928. The minimum atomic E-state index is -0.987. The largest absolute Gasteiger partial charge is 0.502 e. The lowest BCUT2D eigenvalue weighted by Crippen LogP contribution is -2.21. The predicted molar refractivity (Wildman–Crippen MR) is 87.4 cm³/mol. The molecule has 25 heavy (non-hydrogen) atoms. The highest BCUT2D eigenvalue weighted by atomic mass is 19.1. The number of H-pyrrole nitrogens is 1. The molecule has 0 spiro atoms. The number of anilines is 1. The van der Waals surface area contributed by atoms with Gasteiger partial charge in [0, 0.05) is 17.7 Å². The quantitative estimate of drug-likeness (QED) is 0.658. The first-order valence-electron chi connectivity index (χ1n) is 7.54. The Kier molecular flexibility index (Phi) is 4.76. The van der Waals surface area contributed by atoms with Gasteiger partial charge in [0.25, 0.3) is 5.82 Å². The average Bonchev–Trinajstić information content (AvgIpc) is 2.63. The fraction of sp³-hybridized carbons (Fsp3) is 0.111. The molecule has 0 aliphatic heterocycles. The summed E-state index contributed by atoms with van der Waals surface area (Å²) in [6, 6.07) is 11.2. The summed E-state index contributed by atoms with van der Waals surface area (Å²) in [7, 11) is 0. The van der Waals surface area contributed by atoms with Gasteiger partial charge in [-0.15, -0.1) is 0 Å². The van der Waals surface area contributed by atoms with Crippen molar-refractivity contribution in [2.75, 3.05) is 5.32 Å². The summed E-state index contributed by atoms with van der Waals surface area (Å²) < 4.78 is 19.8. The normalized spacial score (nSPS) is 11.9. The van der Waals surface area contributed by atoms with Crippen LogP contribution in [-0.4, -0.2) is 10.2 Å². The number of rotatable bonds is 5. The number of aromatic nitrogens is 1. The first-order chi connectivity index (χ1) is 12.1. The monoisotopic (exact) mass is 343 g/mol. The van der Waals surface area contributed by atoms with Crippen molar-refractivity contribution in [1.82, 2.24) is 0 Å². The Labute approximate surface area is 142 Å². The van der Waals surface area contributed by atoms with Gasteiger partial charge in [-0.1, -0.05) is 24.3 Å². The number of halogens is 1. The van der Waals surface area contributed by atoms with Gasteiger partial charge in [-0.05, 0) is 12.1 Å². The second kappa shape index (κ2) is 7.14. The van der Waals surface area contributed by atoms with Crippen molar-refractivity contribution in [2.45, 2.75) is 12.6 Å². The Hall–Kier alpha value is -3.19. The summed E-state index contributed by atoms with van der Waals surface area (Å²) in [4.78, 5) is 14.9. The van der Waals surface area contributed by atoms with Crippen LogP contribution >= 0.6 is 0 Å². The third-order valence-electron chi connectivity index (χ3n) is 3.64. The molecule has 1 aromatic carbocycles. The Morgan fingerprint density at radius 3 is 2.64 bits per heavy atom. The van der Waals surface area contributed by atoms with Crippen molar-refractivity contribution < 1.29 is 24.0 Å². The number of hydrogen-bond acceptors (Lipinski definition) is 5. The molecule has 0 radical (unpaired) electrons. The fourth-order valence-corrected chi connectivity index (χ4v) is 2.46. The molecule has 0 saturated heterocycles. The van der Waals surface area contributed by atoms with E-state index in [2.05, 4.69) is 10.3 Å². The van der Waals surface area contributed by atoms with E-state index in [9.17, 15) is 19.4 Å². The fourth-order valence-electron chi connectivity index (χ4n) is 2.46. The minimum absolute atomic E-state index is 0.0296. The van der Waals surface area contributed by atoms with E-state index in [-0.39, 0.29) is 17.1 Å². The molecule has 0 saturated carbocycles. The standard InChI is InChI=1S/C18H15FN2O4/c19-13-6-2-1-5-12(13)16(21-15-7-3-4-8-20-15)18-17(24)14(23)9-11(10-22)25-18/h1-9,16,22,24H,10H2,(H,20,21)/p+1/t16-/m1/s1. The number of aromatic amines is 1. The molecule has 2 aromatic heterocycles. The highest BCUT2D eigenvalue weighted by Gasteiger charge is 2.29. The van der Waals surface area contributed by atoms with E-state index < -0.39 is 29.6 Å². The molecule has 1 atom stereocenters. The van der Waals surface area contributed by atoms with Crippen molar-refractivity contribution in [2.24, 2.45) is 0 Å². The van der Waals surface area contributed by atoms with Crippen LogP contribution in [-0.2, 0) is 6.61 Å². The molecule has 0 unspecified atom stereocenters. The van der Waals surface area contributed by atoms with E-state index in [1.165, 1.54) is 18.2 Å². The van der Waals surface area contributed by atoms with E-state index in [0.29, 0.717) is 5.82 Å². The third kappa shape index (κ3) is 3.51. The average molecular weight is 343 g/mol. The first-order valence-corrected chi connectivity index (χ1v) is 7.54. The number of aliphatic hydroxyl groups excluding tert-OH is 1. The second-order valence-electron chi connectivity index (χ2n) is 5.32. The van der Waals surface area contributed by atoms with Crippen LogP contribution in [0.15, 0.2) is 63.9 Å². The van der Waals surface area contributed by atoms with Crippen molar-refractivity contribution in [3.63, 3.8) is 0 Å². The zero-order chi connectivity index (χ0) is 17.8. The molecule has 4 N–H and O–H groups in total. The smallest absolute Gasteiger partial charge is 0.273 e. The van der Waals surface area contributed by atoms with Crippen LogP contribution in [0, 0.1) is 5.82 Å². The van der Waals surface area contributed by atoms with Gasteiger partial charge in [-0.3, -0.25) is 10.1 Å². The maximum absolute atomic E-state index is 14.3. The lowest BCUT2D eigenvalue weighted by molar-refractivity contribution is -0.361. The molecule has 0 bridgehead atoms. The topological polar surface area (TPSA) is 96.8 Å². The third-order valence-corrected chi connectivity index (χ3v) is 3.64. The predicted octanol–water partition coefficient (Wildman–Crippen LogP) is 1.99. The highest BCUT2D eigenvalue weighted by Crippen LogP contribution is 2.31. The van der Waals surface area contributed by atoms with Crippen molar-refractivity contribution in [3.05, 3.63) is 87.9 Å². The highest BCUT2D eigenvalue weighted by molar-refractivity contribution is 5.43. The summed E-state index contributed by atoms with van der Waals surface area (Å²) in [5, 5.41) is 22.4. The van der Waals surface area contributed by atoms with Crippen LogP contribution < -0.4 is 15.7 Å². The van der Waals surface area contributed by atoms with Gasteiger partial charge in [0.2, 0.25) is 11.2 Å². The van der Waals surface area contributed by atoms with Gasteiger partial charge >= 0.3 is 0 Å². The summed E-state index contributed by atoms with van der Waals surface area (Å²) in [5.41, 5.74) is -0.543. The van der Waals surface area contributed by atoms with Crippen LogP contribution in [0.5, 0.6) is 5.75 Å². The maximum atomic E-state index is 14.3. The molecular weight excluding hydrogens is 327 g/mol. The van der Waals surface area contributed by atoms with Crippen LogP contribution in [0.25, 0.3) is 0 Å². The lowest BCUT2D eigenvalue weighted by atomic mass is 10.0. The SMILES string of the molecule is O=c1cc(CO)oc([C@H](Nc2cccc[nH+]2)c2ccccc2F)c1O. The number of pyridine rings is 1. The molecule has 7 heteroatoms. The van der Waals surface area contributed by atoms with Gasteiger partial charge in [0.1, 0.15) is 18.2 Å². The zero-order valence-corrected chi connectivity index (χ0v) is 13.1. The van der Waals surface area contributed by atoms with Crippen molar-refractivity contribution in [1.29, 1.82) is 0 Å². The van der Waals surface area contributed by atoms with Crippen LogP contribution in [0.2, 0.25) is 0 Å². The van der Waals surface area contributed by atoms with Gasteiger partial charge < -0.3 is 14.6 Å². The molecular formula is C18H16FN2O4+. The molecule has 0 amide bonds. The van der Waals surface area contributed by atoms with Crippen molar-refractivity contribution >= 4 is 5.82 Å². The zero-order valence-electron chi connectivity index (χ0n) is 13.1. The Morgan fingerprint density at radius 2 is 1.96 bits per heavy atom. The first kappa shape index (κ1) is 16.7. The second-order valence-corrected chi connectivity index (χ2v) is 5.32. The van der Waals surface area contributed by atoms with Crippen LogP contribution in [0.4, 0.5) is 10.2 Å². The molecule has 0 fully saturated rings. The Balaban J connectivity index is 2.16. The van der Waals surface area contributed by atoms with E-state index in [1.807, 2.05) is 0 Å². The summed E-state index contributed by atoms with van der Waals surface area (Å²) in [5.74, 6) is -0.870. The van der Waals surface area contributed by atoms with E-state index in [1.54, 1.807) is 30.5 Å². The summed E-state index contributed by atoms with van der Waals surface area (Å²) >= 11 is 0. The van der Waals surface area contributed by atoms with Gasteiger partial charge in [-0.25, -0.2) is 9.37 Å². The van der Waals surface area contributed by atoms with Crippen LogP contribution in [0.1, 0.15) is 23.1 Å². The Morgan fingerprint density at radius 1 is 1.20 bits per heavy atom. The number of hydrogen-bond donors (Lipinski definition) is 3. The maximum Gasteiger partial charge on any atom is 0.273 e. The molecule has 0 aliphatic carbocycles. The summed E-state index contributed by atoms with van der Waals surface area (Å²) in [6.45, 7) is -0.524. The molecule has 3 rings (SSSR count).